The molecule has 0 spiro atoms. The maximum Gasteiger partial charge on any atom is 0.311 e. The van der Waals surface area contributed by atoms with E-state index in [1.807, 2.05) is 0 Å². The van der Waals surface area contributed by atoms with Crippen LogP contribution in [-0.4, -0.2) is 4.92 Å². The average molecular weight is 409 g/mol. The standard InChI is InChI=1S/C12H7Cl2IN2O2/c13-7-4-5-10(9(15)6-7)16-11-3-1-2-8(14)12(11)17(18)19/h1-6,16H. The Morgan fingerprint density at radius 2 is 1.89 bits per heavy atom. The third kappa shape index (κ3) is 3.29. The van der Waals surface area contributed by atoms with Crippen molar-refractivity contribution in [3.63, 3.8) is 0 Å². The average Bonchev–Trinajstić information content (AvgIpc) is 2.32. The third-order valence-electron chi connectivity index (χ3n) is 2.37. The van der Waals surface area contributed by atoms with E-state index in [0.29, 0.717) is 10.7 Å². The molecule has 0 heterocycles. The Labute approximate surface area is 133 Å². The van der Waals surface area contributed by atoms with E-state index in [-0.39, 0.29) is 10.7 Å². The quantitative estimate of drug-likeness (QED) is 0.428. The van der Waals surface area contributed by atoms with Gasteiger partial charge in [-0.15, -0.1) is 0 Å². The Hall–Kier alpha value is -1.05. The molecule has 0 fully saturated rings. The van der Waals surface area contributed by atoms with Crippen molar-refractivity contribution in [2.75, 3.05) is 5.32 Å². The van der Waals surface area contributed by atoms with Crippen LogP contribution in [0.15, 0.2) is 36.4 Å². The summed E-state index contributed by atoms with van der Waals surface area (Å²) in [5, 5.41) is 14.7. The third-order valence-corrected chi connectivity index (χ3v) is 3.80. The first-order chi connectivity index (χ1) is 8.99. The van der Waals surface area contributed by atoms with Crippen molar-refractivity contribution >= 4 is 62.9 Å². The molecule has 4 nitrogen and oxygen atoms in total. The lowest BCUT2D eigenvalue weighted by Crippen LogP contribution is -1.99. The number of anilines is 2. The summed E-state index contributed by atoms with van der Waals surface area (Å²) in [6.45, 7) is 0. The highest BCUT2D eigenvalue weighted by Crippen LogP contribution is 2.35. The molecule has 0 amide bonds. The summed E-state index contributed by atoms with van der Waals surface area (Å²) in [5.41, 5.74) is 0.933. The van der Waals surface area contributed by atoms with E-state index in [2.05, 4.69) is 27.9 Å². The Morgan fingerprint density at radius 3 is 2.53 bits per heavy atom. The van der Waals surface area contributed by atoms with Crippen LogP contribution >= 0.6 is 45.8 Å². The van der Waals surface area contributed by atoms with Crippen molar-refractivity contribution in [1.82, 2.24) is 0 Å². The molecule has 1 N–H and O–H groups in total. The highest BCUT2D eigenvalue weighted by atomic mass is 127. The Balaban J connectivity index is 2.44. The Morgan fingerprint density at radius 1 is 1.16 bits per heavy atom. The maximum absolute atomic E-state index is 11.0. The molecule has 98 valence electrons. The number of halogens is 3. The minimum Gasteiger partial charge on any atom is -0.349 e. The highest BCUT2D eigenvalue weighted by Gasteiger charge is 2.18. The van der Waals surface area contributed by atoms with Gasteiger partial charge in [0.05, 0.1) is 10.6 Å². The molecular formula is C12H7Cl2IN2O2. The van der Waals surface area contributed by atoms with Crippen molar-refractivity contribution in [2.45, 2.75) is 0 Å². The van der Waals surface area contributed by atoms with Gasteiger partial charge >= 0.3 is 5.69 Å². The van der Waals surface area contributed by atoms with E-state index >= 15 is 0 Å². The summed E-state index contributed by atoms with van der Waals surface area (Å²) >= 11 is 13.8. The fourth-order valence-corrected chi connectivity index (χ4v) is 2.79. The summed E-state index contributed by atoms with van der Waals surface area (Å²) in [6.07, 6.45) is 0. The van der Waals surface area contributed by atoms with Gasteiger partial charge in [0.1, 0.15) is 10.7 Å². The molecule has 0 saturated carbocycles. The molecule has 19 heavy (non-hydrogen) atoms. The van der Waals surface area contributed by atoms with Crippen LogP contribution in [0.2, 0.25) is 10.0 Å². The molecule has 0 atom stereocenters. The van der Waals surface area contributed by atoms with Crippen LogP contribution in [-0.2, 0) is 0 Å². The lowest BCUT2D eigenvalue weighted by molar-refractivity contribution is -0.383. The van der Waals surface area contributed by atoms with E-state index in [1.165, 1.54) is 6.07 Å². The summed E-state index contributed by atoms with van der Waals surface area (Å²) in [5.74, 6) is 0. The summed E-state index contributed by atoms with van der Waals surface area (Å²) in [4.78, 5) is 10.5. The smallest absolute Gasteiger partial charge is 0.311 e. The van der Waals surface area contributed by atoms with Gasteiger partial charge in [0.25, 0.3) is 0 Å². The SMILES string of the molecule is O=[N+]([O-])c1c(Cl)cccc1Nc1ccc(Cl)cc1I. The number of hydrogen-bond donors (Lipinski definition) is 1. The van der Waals surface area contributed by atoms with Crippen LogP contribution in [0.4, 0.5) is 17.1 Å². The normalized spacial score (nSPS) is 10.3. The van der Waals surface area contributed by atoms with Gasteiger partial charge in [0.15, 0.2) is 0 Å². The molecule has 0 aromatic heterocycles. The topological polar surface area (TPSA) is 55.2 Å². The Kier molecular flexibility index (Phi) is 4.49. The minimum atomic E-state index is -0.506. The van der Waals surface area contributed by atoms with E-state index in [4.69, 9.17) is 23.2 Å². The molecule has 0 saturated heterocycles. The number of benzene rings is 2. The van der Waals surface area contributed by atoms with E-state index in [9.17, 15) is 10.1 Å². The van der Waals surface area contributed by atoms with Crippen molar-refractivity contribution in [2.24, 2.45) is 0 Å². The summed E-state index contributed by atoms with van der Waals surface area (Å²) in [6, 6.07) is 9.98. The number of nitro groups is 1. The van der Waals surface area contributed by atoms with Crippen LogP contribution < -0.4 is 5.32 Å². The number of para-hydroxylation sites is 1. The molecule has 2 aromatic rings. The van der Waals surface area contributed by atoms with Crippen LogP contribution in [0.3, 0.4) is 0 Å². The second-order valence-corrected chi connectivity index (χ2v) is 5.65. The van der Waals surface area contributed by atoms with Gasteiger partial charge in [-0.1, -0.05) is 29.3 Å². The zero-order valence-corrected chi connectivity index (χ0v) is 13.0. The van der Waals surface area contributed by atoms with Crippen LogP contribution in [0.1, 0.15) is 0 Å². The minimum absolute atomic E-state index is 0.0963. The molecule has 2 aromatic carbocycles. The Bertz CT molecular complexity index is 650. The van der Waals surface area contributed by atoms with Gasteiger partial charge in [-0.05, 0) is 52.9 Å². The first kappa shape index (κ1) is 14.4. The van der Waals surface area contributed by atoms with Crippen LogP contribution in [0, 0.1) is 13.7 Å². The van der Waals surface area contributed by atoms with Crippen molar-refractivity contribution in [3.05, 3.63) is 60.1 Å². The fraction of sp³-hybridized carbons (Fsp3) is 0. The number of nitrogens with one attached hydrogen (secondary N) is 1. The molecule has 0 aliphatic carbocycles. The van der Waals surface area contributed by atoms with E-state index < -0.39 is 4.92 Å². The predicted octanol–water partition coefficient (Wildman–Crippen LogP) is 5.25. The lowest BCUT2D eigenvalue weighted by Gasteiger charge is -2.10. The molecule has 0 radical (unpaired) electrons. The number of nitro benzene ring substituents is 1. The number of hydrogen-bond acceptors (Lipinski definition) is 3. The zero-order valence-electron chi connectivity index (χ0n) is 9.36. The molecular weight excluding hydrogens is 402 g/mol. The van der Waals surface area contributed by atoms with Crippen LogP contribution in [0.5, 0.6) is 0 Å². The fourth-order valence-electron chi connectivity index (χ4n) is 1.54. The highest BCUT2D eigenvalue weighted by molar-refractivity contribution is 14.1. The number of rotatable bonds is 3. The van der Waals surface area contributed by atoms with Gasteiger partial charge in [-0.3, -0.25) is 10.1 Å². The first-order valence-electron chi connectivity index (χ1n) is 5.14. The van der Waals surface area contributed by atoms with E-state index in [0.717, 1.165) is 9.26 Å². The largest absolute Gasteiger partial charge is 0.349 e. The molecule has 0 unspecified atom stereocenters. The predicted molar refractivity (Wildman–Crippen MR) is 85.6 cm³/mol. The maximum atomic E-state index is 11.0. The molecule has 7 heteroatoms. The lowest BCUT2D eigenvalue weighted by atomic mass is 10.2. The van der Waals surface area contributed by atoms with Crippen molar-refractivity contribution in [3.8, 4) is 0 Å². The second kappa shape index (κ2) is 5.94. The van der Waals surface area contributed by atoms with Gasteiger partial charge in [0.2, 0.25) is 0 Å². The number of nitrogens with zero attached hydrogens (tertiary/aromatic N) is 1. The molecule has 0 aliphatic rings. The summed E-state index contributed by atoms with van der Waals surface area (Å²) in [7, 11) is 0. The summed E-state index contributed by atoms with van der Waals surface area (Å²) < 4.78 is 0.861. The molecule has 2 rings (SSSR count). The van der Waals surface area contributed by atoms with Crippen molar-refractivity contribution < 1.29 is 4.92 Å². The monoisotopic (exact) mass is 408 g/mol. The van der Waals surface area contributed by atoms with Crippen LogP contribution in [0.25, 0.3) is 0 Å². The van der Waals surface area contributed by atoms with Gasteiger partial charge in [0, 0.05) is 8.59 Å². The van der Waals surface area contributed by atoms with E-state index in [1.54, 1.807) is 30.3 Å². The van der Waals surface area contributed by atoms with Gasteiger partial charge in [-0.25, -0.2) is 0 Å². The van der Waals surface area contributed by atoms with Crippen molar-refractivity contribution in [1.29, 1.82) is 0 Å². The molecule has 0 aliphatic heterocycles. The van der Waals surface area contributed by atoms with Gasteiger partial charge < -0.3 is 5.32 Å². The first-order valence-corrected chi connectivity index (χ1v) is 6.97. The van der Waals surface area contributed by atoms with Gasteiger partial charge in [-0.2, -0.15) is 0 Å². The zero-order chi connectivity index (χ0) is 14.0. The molecule has 0 bridgehead atoms. The second-order valence-electron chi connectivity index (χ2n) is 3.64.